The van der Waals surface area contributed by atoms with Crippen LogP contribution in [0.1, 0.15) is 29.0 Å². The summed E-state index contributed by atoms with van der Waals surface area (Å²) in [6.45, 7) is 4.04. The quantitative estimate of drug-likeness (QED) is 0.336. The number of aliphatic imine (C=N–C) groups is 1. The second-order valence-electron chi connectivity index (χ2n) is 10.8. The molecule has 0 aromatic heterocycles. The molecule has 42 heavy (non-hydrogen) atoms. The topological polar surface area (TPSA) is 106 Å². The number of carboxylic acid groups (broad SMARTS) is 1. The first kappa shape index (κ1) is 29.6. The molecule has 2 N–H and O–H groups in total. The van der Waals surface area contributed by atoms with Gasteiger partial charge in [0.1, 0.15) is 5.92 Å². The van der Waals surface area contributed by atoms with Crippen molar-refractivity contribution in [2.45, 2.75) is 18.8 Å². The zero-order valence-corrected chi connectivity index (χ0v) is 25.3. The molecule has 2 aliphatic rings. The molecule has 3 aromatic carbocycles. The van der Waals surface area contributed by atoms with E-state index in [-0.39, 0.29) is 18.2 Å². The van der Waals surface area contributed by atoms with Crippen LogP contribution in [0.4, 0.5) is 17.1 Å². The lowest BCUT2D eigenvalue weighted by atomic mass is 9.90. The zero-order valence-electron chi connectivity index (χ0n) is 23.7. The fourth-order valence-electron chi connectivity index (χ4n) is 5.23. The van der Waals surface area contributed by atoms with Gasteiger partial charge in [0, 0.05) is 55.5 Å². The van der Waals surface area contributed by atoms with Crippen LogP contribution in [0.25, 0.3) is 0 Å². The lowest BCUT2D eigenvalue weighted by Crippen LogP contribution is -2.48. The van der Waals surface area contributed by atoms with Gasteiger partial charge in [-0.25, -0.2) is 0 Å². The van der Waals surface area contributed by atoms with Gasteiger partial charge in [-0.05, 0) is 66.6 Å². The van der Waals surface area contributed by atoms with Crippen molar-refractivity contribution in [3.05, 3.63) is 87.9 Å². The number of carbonyl (C=O) groups excluding carboxylic acids is 2. The highest BCUT2D eigenvalue weighted by molar-refractivity contribution is 9.10. The van der Waals surface area contributed by atoms with Gasteiger partial charge in [-0.1, -0.05) is 46.3 Å². The fraction of sp³-hybridized carbons (Fsp3) is 0.312. The summed E-state index contributed by atoms with van der Waals surface area (Å²) >= 11 is 3.48. The van der Waals surface area contributed by atoms with Crippen molar-refractivity contribution in [3.8, 4) is 0 Å². The fourth-order valence-corrected chi connectivity index (χ4v) is 5.59. The number of benzene rings is 3. The molecule has 2 heterocycles. The van der Waals surface area contributed by atoms with Crippen molar-refractivity contribution in [1.29, 1.82) is 0 Å². The molecule has 2 aliphatic heterocycles. The molecule has 1 fully saturated rings. The number of nitrogens with zero attached hydrogens (tertiary/aromatic N) is 4. The first-order chi connectivity index (χ1) is 20.2. The molecule has 3 aromatic rings. The number of anilines is 2. The summed E-state index contributed by atoms with van der Waals surface area (Å²) in [5.41, 5.74) is 5.26. The number of nitrogens with one attached hydrogen (secondary N) is 1. The molecule has 5 rings (SSSR count). The van der Waals surface area contributed by atoms with E-state index in [1.54, 1.807) is 11.9 Å². The number of amides is 2. The van der Waals surface area contributed by atoms with Gasteiger partial charge in [-0.2, -0.15) is 0 Å². The molecule has 0 bridgehead atoms. The number of carbonyl (C=O) groups is 3. The number of rotatable bonds is 9. The number of aryl methyl sites for hydroxylation is 1. The van der Waals surface area contributed by atoms with Gasteiger partial charge >= 0.3 is 5.97 Å². The van der Waals surface area contributed by atoms with Gasteiger partial charge < -0.3 is 20.2 Å². The highest BCUT2D eigenvalue weighted by atomic mass is 79.9. The van der Waals surface area contributed by atoms with Crippen molar-refractivity contribution >= 4 is 56.5 Å². The van der Waals surface area contributed by atoms with Crippen molar-refractivity contribution in [2.24, 2.45) is 4.99 Å². The summed E-state index contributed by atoms with van der Waals surface area (Å²) in [7, 11) is 3.88. The Labute approximate surface area is 254 Å². The SMILES string of the molecule is CN1CCN(CC(=O)N(C)c2ccc(N=C(c3ccc(CCC(=O)O)cc3)C3C(=O)Nc4cc(Br)ccc43)cc2)CC1. The molecule has 9 nitrogen and oxygen atoms in total. The largest absolute Gasteiger partial charge is 0.481 e. The minimum absolute atomic E-state index is 0.0323. The third kappa shape index (κ3) is 6.95. The lowest BCUT2D eigenvalue weighted by molar-refractivity contribution is -0.137. The second kappa shape index (κ2) is 13.0. The van der Waals surface area contributed by atoms with E-state index in [0.29, 0.717) is 24.4 Å². The van der Waals surface area contributed by atoms with E-state index in [1.165, 1.54) is 0 Å². The first-order valence-electron chi connectivity index (χ1n) is 14.0. The van der Waals surface area contributed by atoms with Crippen molar-refractivity contribution < 1.29 is 19.5 Å². The summed E-state index contributed by atoms with van der Waals surface area (Å²) in [4.78, 5) is 48.3. The van der Waals surface area contributed by atoms with Crippen LogP contribution in [0.3, 0.4) is 0 Å². The van der Waals surface area contributed by atoms with E-state index in [1.807, 2.05) is 66.7 Å². The van der Waals surface area contributed by atoms with E-state index in [4.69, 9.17) is 10.1 Å². The maximum absolute atomic E-state index is 13.3. The van der Waals surface area contributed by atoms with Crippen LogP contribution >= 0.6 is 15.9 Å². The summed E-state index contributed by atoms with van der Waals surface area (Å²) in [5.74, 6) is -1.60. The predicted molar refractivity (Wildman–Crippen MR) is 168 cm³/mol. The Morgan fingerprint density at radius 3 is 2.38 bits per heavy atom. The highest BCUT2D eigenvalue weighted by Gasteiger charge is 2.35. The van der Waals surface area contributed by atoms with Gasteiger partial charge in [-0.3, -0.25) is 24.3 Å². The molecular weight excluding hydrogens is 598 g/mol. The van der Waals surface area contributed by atoms with E-state index < -0.39 is 11.9 Å². The number of aliphatic carboxylic acids is 1. The van der Waals surface area contributed by atoms with Gasteiger partial charge in [0.2, 0.25) is 11.8 Å². The molecular formula is C32H34BrN5O4. The Bertz CT molecular complexity index is 1500. The third-order valence-corrected chi connectivity index (χ3v) is 8.31. The van der Waals surface area contributed by atoms with Crippen LogP contribution < -0.4 is 10.2 Å². The Hall–Kier alpha value is -3.86. The number of halogens is 1. The Morgan fingerprint density at radius 2 is 1.71 bits per heavy atom. The average Bonchev–Trinajstić information content (AvgIpc) is 3.30. The minimum atomic E-state index is -0.846. The summed E-state index contributed by atoms with van der Waals surface area (Å²) < 4.78 is 0.866. The van der Waals surface area contributed by atoms with Crippen LogP contribution in [-0.2, 0) is 20.8 Å². The van der Waals surface area contributed by atoms with Crippen LogP contribution in [0.15, 0.2) is 76.2 Å². The molecule has 0 spiro atoms. The molecule has 218 valence electrons. The van der Waals surface area contributed by atoms with E-state index in [0.717, 1.165) is 58.7 Å². The first-order valence-corrected chi connectivity index (χ1v) is 14.7. The van der Waals surface area contributed by atoms with Crippen molar-refractivity contribution in [1.82, 2.24) is 9.80 Å². The second-order valence-corrected chi connectivity index (χ2v) is 11.7. The number of hydrogen-bond donors (Lipinski definition) is 2. The van der Waals surface area contributed by atoms with E-state index in [2.05, 4.69) is 38.1 Å². The van der Waals surface area contributed by atoms with E-state index >= 15 is 0 Å². The summed E-state index contributed by atoms with van der Waals surface area (Å²) in [5, 5.41) is 12.0. The standard InChI is InChI=1S/C32H34BrN5O4/c1-36-15-17-38(18-16-36)20-28(39)37(2)25-11-9-24(10-12-25)34-31(22-6-3-21(4-7-22)5-14-29(40)41)30-26-13-8-23(33)19-27(26)35-32(30)42/h3-4,6-13,19,30H,5,14-18,20H2,1-2H3,(H,35,42)(H,40,41). The lowest BCUT2D eigenvalue weighted by Gasteiger charge is -2.32. The summed E-state index contributed by atoms with van der Waals surface area (Å²) in [6.07, 6.45) is 0.470. The molecule has 1 unspecified atom stereocenters. The number of likely N-dealkylation sites (N-methyl/N-ethyl adjacent to an activating group) is 2. The maximum Gasteiger partial charge on any atom is 0.303 e. The Balaban J connectivity index is 1.41. The van der Waals surface area contributed by atoms with Crippen LogP contribution in [0.5, 0.6) is 0 Å². The monoisotopic (exact) mass is 631 g/mol. The van der Waals surface area contributed by atoms with Crippen molar-refractivity contribution in [3.63, 3.8) is 0 Å². The number of piperazine rings is 1. The molecule has 1 saturated heterocycles. The van der Waals surface area contributed by atoms with Crippen molar-refractivity contribution in [2.75, 3.05) is 57.0 Å². The van der Waals surface area contributed by atoms with Gasteiger partial charge in [0.05, 0.1) is 17.9 Å². The summed E-state index contributed by atoms with van der Waals surface area (Å²) in [6, 6.07) is 20.7. The number of carboxylic acids is 1. The third-order valence-electron chi connectivity index (χ3n) is 7.81. The number of fused-ring (bicyclic) bond motifs is 1. The van der Waals surface area contributed by atoms with Gasteiger partial charge in [0.15, 0.2) is 0 Å². The Kier molecular flexibility index (Phi) is 9.15. The molecule has 0 radical (unpaired) electrons. The smallest absolute Gasteiger partial charge is 0.303 e. The normalized spacial score (nSPS) is 17.5. The van der Waals surface area contributed by atoms with Crippen LogP contribution in [0, 0.1) is 0 Å². The highest BCUT2D eigenvalue weighted by Crippen LogP contribution is 2.38. The van der Waals surface area contributed by atoms with Gasteiger partial charge in [-0.15, -0.1) is 0 Å². The van der Waals surface area contributed by atoms with E-state index in [9.17, 15) is 14.4 Å². The minimum Gasteiger partial charge on any atom is -0.481 e. The predicted octanol–water partition coefficient (Wildman–Crippen LogP) is 4.53. The molecule has 1 atom stereocenters. The molecule has 10 heteroatoms. The van der Waals surface area contributed by atoms with Gasteiger partial charge in [0.25, 0.3) is 0 Å². The average molecular weight is 633 g/mol. The number of hydrogen-bond acceptors (Lipinski definition) is 6. The molecule has 0 saturated carbocycles. The molecule has 0 aliphatic carbocycles. The maximum atomic E-state index is 13.3. The molecule has 2 amide bonds. The van der Waals surface area contributed by atoms with Crippen LogP contribution in [-0.4, -0.2) is 85.2 Å². The zero-order chi connectivity index (χ0) is 29.8. The van der Waals surface area contributed by atoms with Crippen LogP contribution in [0.2, 0.25) is 0 Å². The Morgan fingerprint density at radius 1 is 1.02 bits per heavy atom.